The molecule has 7 heteroatoms. The minimum Gasteiger partial charge on any atom is -0.388 e. The lowest BCUT2D eigenvalue weighted by molar-refractivity contribution is -0.0578. The Morgan fingerprint density at radius 2 is 2.10 bits per heavy atom. The maximum Gasteiger partial charge on any atom is 0.164 e. The fourth-order valence-electron chi connectivity index (χ4n) is 2.39. The maximum atomic E-state index is 10.2. The van der Waals surface area contributed by atoms with Gasteiger partial charge in [-0.1, -0.05) is 6.58 Å². The van der Waals surface area contributed by atoms with E-state index in [1.165, 1.54) is 0 Å². The molecule has 2 heterocycles. The topological polar surface area (TPSA) is 91.3 Å². The molecule has 2 rings (SSSR count). The van der Waals surface area contributed by atoms with Crippen molar-refractivity contribution in [3.8, 4) is 0 Å². The Kier molecular flexibility index (Phi) is 4.63. The van der Waals surface area contributed by atoms with Crippen LogP contribution in [0.1, 0.15) is 6.42 Å². The van der Waals surface area contributed by atoms with Gasteiger partial charge in [0.2, 0.25) is 0 Å². The average Bonchev–Trinajstić information content (AvgIpc) is 2.64. The van der Waals surface area contributed by atoms with Crippen molar-refractivity contribution < 1.29 is 14.9 Å². The first-order chi connectivity index (χ1) is 9.69. The standard InChI is InChI=1S/C14H24N3O3P/c1-9-16-11(15)5-7-17(9)14-13(19)12(18)10(20-14)6-8-21(2,3)4/h5,7,10,12-14,18-19H,1-2,6,8H2,3-4H3,(H2,15,16)/t10-,12-,13-,14-/m1/s1. The number of aliphatic imine (C=N–C) groups is 1. The number of amidine groups is 1. The van der Waals surface area contributed by atoms with Crippen molar-refractivity contribution in [3.05, 3.63) is 24.7 Å². The summed E-state index contributed by atoms with van der Waals surface area (Å²) in [5.74, 6) is 0.737. The number of hydrogen-bond donors (Lipinski definition) is 3. The molecule has 4 N–H and O–H groups in total. The van der Waals surface area contributed by atoms with Gasteiger partial charge < -0.3 is 25.6 Å². The van der Waals surface area contributed by atoms with E-state index in [0.717, 1.165) is 6.16 Å². The normalized spacial score (nSPS) is 33.4. The molecular formula is C14H24N3O3P. The van der Waals surface area contributed by atoms with Crippen LogP contribution < -0.4 is 5.73 Å². The second kappa shape index (κ2) is 5.97. The van der Waals surface area contributed by atoms with Crippen LogP contribution in [-0.4, -0.2) is 71.3 Å². The van der Waals surface area contributed by atoms with Crippen molar-refractivity contribution in [3.63, 3.8) is 0 Å². The van der Waals surface area contributed by atoms with Crippen LogP contribution in [0.25, 0.3) is 0 Å². The molecule has 6 nitrogen and oxygen atoms in total. The summed E-state index contributed by atoms with van der Waals surface area (Å²) < 4.78 is 5.82. The molecule has 4 atom stereocenters. The van der Waals surface area contributed by atoms with E-state index in [1.807, 2.05) is 0 Å². The van der Waals surface area contributed by atoms with Gasteiger partial charge in [0, 0.05) is 6.20 Å². The van der Waals surface area contributed by atoms with Gasteiger partial charge in [0.15, 0.2) is 6.23 Å². The van der Waals surface area contributed by atoms with Gasteiger partial charge in [0.05, 0.1) is 6.10 Å². The summed E-state index contributed by atoms with van der Waals surface area (Å²) in [4.78, 5) is 5.63. The van der Waals surface area contributed by atoms with Crippen LogP contribution in [0.4, 0.5) is 0 Å². The van der Waals surface area contributed by atoms with Gasteiger partial charge in [-0.2, -0.15) is 0 Å². The van der Waals surface area contributed by atoms with Gasteiger partial charge in [-0.25, -0.2) is 4.99 Å². The first-order valence-electron chi connectivity index (χ1n) is 6.87. The zero-order chi connectivity index (χ0) is 15.8. The van der Waals surface area contributed by atoms with E-state index in [9.17, 15) is 10.2 Å². The number of rotatable bonds is 4. The Labute approximate surface area is 125 Å². The van der Waals surface area contributed by atoms with Gasteiger partial charge in [0.25, 0.3) is 0 Å². The summed E-state index contributed by atoms with van der Waals surface area (Å²) in [5.41, 5.74) is 5.59. The lowest BCUT2D eigenvalue weighted by Crippen LogP contribution is -2.41. The van der Waals surface area contributed by atoms with E-state index in [4.69, 9.17) is 10.5 Å². The molecule has 0 amide bonds. The molecule has 0 aromatic rings. The van der Waals surface area contributed by atoms with Crippen molar-refractivity contribution >= 4 is 19.0 Å². The van der Waals surface area contributed by atoms with E-state index >= 15 is 0 Å². The zero-order valence-corrected chi connectivity index (χ0v) is 13.4. The summed E-state index contributed by atoms with van der Waals surface area (Å²) >= 11 is 0. The SMILES string of the molecule is C=C1N=C(N)C=CN1[C@@H]1O[C@H](CCP(=C)(C)C)[C@@H](O)[C@H]1O. The van der Waals surface area contributed by atoms with Crippen molar-refractivity contribution in [1.29, 1.82) is 0 Å². The molecule has 118 valence electrons. The van der Waals surface area contributed by atoms with Crippen LogP contribution in [0, 0.1) is 0 Å². The summed E-state index contributed by atoms with van der Waals surface area (Å²) in [6.45, 7) is 6.87. The predicted molar refractivity (Wildman–Crippen MR) is 87.8 cm³/mol. The Morgan fingerprint density at radius 1 is 1.43 bits per heavy atom. The van der Waals surface area contributed by atoms with E-state index in [2.05, 4.69) is 31.2 Å². The highest BCUT2D eigenvalue weighted by Crippen LogP contribution is 2.38. The third-order valence-corrected chi connectivity index (χ3v) is 5.06. The second-order valence-electron chi connectivity index (χ2n) is 6.17. The fourth-order valence-corrected chi connectivity index (χ4v) is 3.35. The first kappa shape index (κ1) is 16.3. The monoisotopic (exact) mass is 313 g/mol. The molecule has 1 saturated heterocycles. The predicted octanol–water partition coefficient (Wildman–Crippen LogP) is 0.190. The Balaban J connectivity index is 2.05. The van der Waals surface area contributed by atoms with Gasteiger partial charge in [-0.15, -0.1) is 13.2 Å². The third-order valence-electron chi connectivity index (χ3n) is 3.59. The minimum atomic E-state index is -1.19. The first-order valence-corrected chi connectivity index (χ1v) is 9.93. The summed E-state index contributed by atoms with van der Waals surface area (Å²) in [6.07, 6.45) is 5.94. The fraction of sp³-hybridized carbons (Fsp3) is 0.571. The molecule has 2 aliphatic rings. The van der Waals surface area contributed by atoms with Crippen LogP contribution in [0.15, 0.2) is 29.7 Å². The van der Waals surface area contributed by atoms with Gasteiger partial charge in [-0.3, -0.25) is 0 Å². The van der Waals surface area contributed by atoms with Crippen LogP contribution in [0.2, 0.25) is 0 Å². The third kappa shape index (κ3) is 3.77. The van der Waals surface area contributed by atoms with E-state index in [-0.39, 0.29) is 0 Å². The van der Waals surface area contributed by atoms with Crippen molar-refractivity contribution in [1.82, 2.24) is 4.90 Å². The van der Waals surface area contributed by atoms with Crippen molar-refractivity contribution in [2.24, 2.45) is 10.7 Å². The van der Waals surface area contributed by atoms with Crippen LogP contribution in [-0.2, 0) is 4.74 Å². The van der Waals surface area contributed by atoms with Crippen LogP contribution in [0.3, 0.4) is 0 Å². The van der Waals surface area contributed by atoms with Crippen LogP contribution in [0.5, 0.6) is 0 Å². The zero-order valence-electron chi connectivity index (χ0n) is 12.5. The highest BCUT2D eigenvalue weighted by molar-refractivity contribution is 7.72. The van der Waals surface area contributed by atoms with E-state index < -0.39 is 31.4 Å². The maximum absolute atomic E-state index is 10.2. The molecule has 0 aliphatic carbocycles. The second-order valence-corrected chi connectivity index (χ2v) is 10.5. The molecule has 0 bridgehead atoms. The lowest BCUT2D eigenvalue weighted by atomic mass is 10.1. The smallest absolute Gasteiger partial charge is 0.164 e. The Bertz CT molecular complexity index is 526. The quantitative estimate of drug-likeness (QED) is 0.645. The number of aliphatic hydroxyl groups excluding tert-OH is 2. The highest BCUT2D eigenvalue weighted by Gasteiger charge is 2.45. The number of hydrogen-bond acceptors (Lipinski definition) is 6. The summed E-state index contributed by atoms with van der Waals surface area (Å²) in [6, 6.07) is 0. The van der Waals surface area contributed by atoms with E-state index in [1.54, 1.807) is 17.2 Å². The number of aliphatic hydroxyl groups is 2. The Hall–Kier alpha value is -1.07. The average molecular weight is 313 g/mol. The minimum absolute atomic E-state index is 0.351. The van der Waals surface area contributed by atoms with Crippen molar-refractivity contribution in [2.45, 2.75) is 31.0 Å². The number of nitrogens with two attached hydrogens (primary N) is 1. The molecule has 2 aliphatic heterocycles. The molecule has 0 aromatic heterocycles. The molecule has 0 spiro atoms. The van der Waals surface area contributed by atoms with Gasteiger partial charge >= 0.3 is 0 Å². The Morgan fingerprint density at radius 3 is 2.67 bits per heavy atom. The largest absolute Gasteiger partial charge is 0.388 e. The van der Waals surface area contributed by atoms with Gasteiger partial charge in [-0.05, 0) is 32.0 Å². The lowest BCUT2D eigenvalue weighted by Gasteiger charge is -2.30. The molecule has 0 aromatic carbocycles. The molecule has 21 heavy (non-hydrogen) atoms. The van der Waals surface area contributed by atoms with Crippen LogP contribution >= 0.6 is 6.89 Å². The number of ether oxygens (including phenoxy) is 1. The molecule has 0 saturated carbocycles. The molecule has 1 fully saturated rings. The van der Waals surface area contributed by atoms with Crippen molar-refractivity contribution in [2.75, 3.05) is 19.5 Å². The summed E-state index contributed by atoms with van der Waals surface area (Å²) in [7, 11) is 0. The number of nitrogens with zero attached hydrogens (tertiary/aromatic N) is 2. The molecular weight excluding hydrogens is 289 g/mol. The van der Waals surface area contributed by atoms with Gasteiger partial charge in [0.1, 0.15) is 23.9 Å². The molecule has 0 unspecified atom stereocenters. The highest BCUT2D eigenvalue weighted by atomic mass is 31.2. The molecule has 0 radical (unpaired) electrons. The summed E-state index contributed by atoms with van der Waals surface area (Å²) in [5, 5.41) is 20.4. The van der Waals surface area contributed by atoms with E-state index in [0.29, 0.717) is 18.1 Å².